The number of aliphatic hydroxyl groups is 2. The van der Waals surface area contributed by atoms with Crippen LogP contribution in [0.3, 0.4) is 0 Å². The van der Waals surface area contributed by atoms with Gasteiger partial charge in [0.1, 0.15) is 6.10 Å². The minimum Gasteiger partial charge on any atom is -0.462 e. The first-order chi connectivity index (χ1) is 30.0. The highest BCUT2D eigenvalue weighted by molar-refractivity contribution is 5.77. The van der Waals surface area contributed by atoms with Gasteiger partial charge in [-0.05, 0) is 51.4 Å². The number of carbonyl (C=O) groups excluding carboxylic acids is 2. The second kappa shape index (κ2) is 49.6. The number of esters is 1. The van der Waals surface area contributed by atoms with Crippen molar-refractivity contribution in [2.24, 2.45) is 0 Å². The van der Waals surface area contributed by atoms with Crippen LogP contribution < -0.4 is 5.32 Å². The molecule has 0 rings (SSSR count). The summed E-state index contributed by atoms with van der Waals surface area (Å²) < 4.78 is 5.93. The molecule has 3 atom stereocenters. The average Bonchev–Trinajstić information content (AvgIpc) is 3.25. The predicted molar refractivity (Wildman–Crippen MR) is 264 cm³/mol. The molecular formula is C55H107NO5. The molecule has 6 heteroatoms. The minimum atomic E-state index is -0.786. The number of nitrogens with one attached hydrogen (secondary N) is 1. The standard InChI is InChI=1S/C55H107NO5/c1-4-7-10-13-16-19-22-24-26-28-30-32-35-38-41-44-47-53(58)52(50-57)56-54(59)49-51(46-43-40-37-34-21-18-15-12-9-6-3)61-55(60)48-45-42-39-36-33-31-29-27-25-23-20-17-14-11-8-5-2/h18,21,51-53,57-58H,4-17,19-20,22-50H2,1-3H3,(H,56,59)/b21-18-. The molecule has 3 N–H and O–H groups in total. The Bertz CT molecular complexity index is 924. The Balaban J connectivity index is 4.41. The van der Waals surface area contributed by atoms with Crippen molar-refractivity contribution in [1.82, 2.24) is 5.32 Å². The third-order valence-corrected chi connectivity index (χ3v) is 12.8. The number of carbonyl (C=O) groups is 2. The maximum atomic E-state index is 13.2. The van der Waals surface area contributed by atoms with Gasteiger partial charge in [0, 0.05) is 6.42 Å². The summed E-state index contributed by atoms with van der Waals surface area (Å²) in [6.07, 6.45) is 55.7. The molecule has 0 aliphatic carbocycles. The van der Waals surface area contributed by atoms with Gasteiger partial charge >= 0.3 is 5.97 Å². The number of ether oxygens (including phenoxy) is 1. The summed E-state index contributed by atoms with van der Waals surface area (Å²) in [5, 5.41) is 23.8. The second-order valence-electron chi connectivity index (χ2n) is 19.0. The second-order valence-corrected chi connectivity index (χ2v) is 19.0. The summed E-state index contributed by atoms with van der Waals surface area (Å²) in [6, 6.07) is -0.700. The molecule has 0 aromatic rings. The molecule has 0 saturated heterocycles. The highest BCUT2D eigenvalue weighted by Gasteiger charge is 2.24. The summed E-state index contributed by atoms with van der Waals surface area (Å²) >= 11 is 0. The van der Waals surface area contributed by atoms with Crippen molar-refractivity contribution >= 4 is 11.9 Å². The Hall–Kier alpha value is -1.40. The van der Waals surface area contributed by atoms with Gasteiger partial charge in [0.2, 0.25) is 5.91 Å². The predicted octanol–water partition coefficient (Wildman–Crippen LogP) is 16.5. The molecule has 0 spiro atoms. The lowest BCUT2D eigenvalue weighted by molar-refractivity contribution is -0.151. The third kappa shape index (κ3) is 45.0. The lowest BCUT2D eigenvalue weighted by Crippen LogP contribution is -2.46. The number of aliphatic hydroxyl groups excluding tert-OH is 2. The van der Waals surface area contributed by atoms with Crippen LogP contribution in [0.1, 0.15) is 303 Å². The van der Waals surface area contributed by atoms with E-state index in [1.165, 1.54) is 193 Å². The first kappa shape index (κ1) is 59.6. The molecule has 61 heavy (non-hydrogen) atoms. The van der Waals surface area contributed by atoms with Crippen LogP contribution in [-0.2, 0) is 14.3 Å². The van der Waals surface area contributed by atoms with E-state index < -0.39 is 18.2 Å². The molecule has 6 nitrogen and oxygen atoms in total. The molecule has 0 aromatic carbocycles. The van der Waals surface area contributed by atoms with Crippen LogP contribution in [0.4, 0.5) is 0 Å². The molecule has 0 saturated carbocycles. The monoisotopic (exact) mass is 862 g/mol. The van der Waals surface area contributed by atoms with E-state index >= 15 is 0 Å². The van der Waals surface area contributed by atoms with Crippen molar-refractivity contribution in [2.75, 3.05) is 6.61 Å². The van der Waals surface area contributed by atoms with E-state index in [0.717, 1.165) is 64.2 Å². The van der Waals surface area contributed by atoms with Crippen LogP contribution in [0.25, 0.3) is 0 Å². The maximum Gasteiger partial charge on any atom is 0.306 e. The van der Waals surface area contributed by atoms with E-state index in [4.69, 9.17) is 4.74 Å². The van der Waals surface area contributed by atoms with E-state index in [1.54, 1.807) is 0 Å². The van der Waals surface area contributed by atoms with Gasteiger partial charge in [-0.25, -0.2) is 0 Å². The number of unbranched alkanes of at least 4 members (excludes halogenated alkanes) is 36. The van der Waals surface area contributed by atoms with Gasteiger partial charge in [0.25, 0.3) is 0 Å². The fourth-order valence-corrected chi connectivity index (χ4v) is 8.66. The van der Waals surface area contributed by atoms with Gasteiger partial charge in [-0.3, -0.25) is 9.59 Å². The number of allylic oxidation sites excluding steroid dienone is 2. The Morgan fingerprint density at radius 1 is 0.459 bits per heavy atom. The first-order valence-electron chi connectivity index (χ1n) is 27.4. The van der Waals surface area contributed by atoms with Gasteiger partial charge < -0.3 is 20.3 Å². The fourth-order valence-electron chi connectivity index (χ4n) is 8.66. The highest BCUT2D eigenvalue weighted by Crippen LogP contribution is 2.18. The van der Waals surface area contributed by atoms with E-state index in [2.05, 4.69) is 38.2 Å². The van der Waals surface area contributed by atoms with Gasteiger partial charge in [-0.2, -0.15) is 0 Å². The lowest BCUT2D eigenvalue weighted by atomic mass is 10.0. The molecule has 0 heterocycles. The quantitative estimate of drug-likeness (QED) is 0.0322. The van der Waals surface area contributed by atoms with E-state index in [-0.39, 0.29) is 24.9 Å². The van der Waals surface area contributed by atoms with Crippen molar-refractivity contribution in [3.8, 4) is 0 Å². The van der Waals surface area contributed by atoms with Gasteiger partial charge in [0.15, 0.2) is 0 Å². The van der Waals surface area contributed by atoms with Gasteiger partial charge in [-0.15, -0.1) is 0 Å². The number of rotatable bonds is 50. The molecule has 0 aromatic heterocycles. The zero-order valence-corrected chi connectivity index (χ0v) is 41.3. The Kier molecular flexibility index (Phi) is 48.5. The van der Waals surface area contributed by atoms with Crippen molar-refractivity contribution in [2.45, 2.75) is 322 Å². The fraction of sp³-hybridized carbons (Fsp3) is 0.927. The van der Waals surface area contributed by atoms with Crippen molar-refractivity contribution in [3.63, 3.8) is 0 Å². The Labute approximate surface area is 380 Å². The number of hydrogen-bond donors (Lipinski definition) is 3. The smallest absolute Gasteiger partial charge is 0.306 e. The summed E-state index contributed by atoms with van der Waals surface area (Å²) in [7, 11) is 0. The topological polar surface area (TPSA) is 95.9 Å². The first-order valence-corrected chi connectivity index (χ1v) is 27.4. The summed E-state index contributed by atoms with van der Waals surface area (Å²) in [6.45, 7) is 6.49. The lowest BCUT2D eigenvalue weighted by Gasteiger charge is -2.24. The van der Waals surface area contributed by atoms with Crippen molar-refractivity contribution in [3.05, 3.63) is 12.2 Å². The van der Waals surface area contributed by atoms with E-state index in [1.807, 2.05) is 0 Å². The van der Waals surface area contributed by atoms with E-state index in [0.29, 0.717) is 19.3 Å². The molecule has 1 amide bonds. The SMILES string of the molecule is CCCCC/C=C\CCCCCC(CC(=O)NC(CO)C(O)CCCCCCCCCCCCCCCCCC)OC(=O)CCCCCCCCCCCCCCCCCC. The zero-order valence-electron chi connectivity index (χ0n) is 41.3. The highest BCUT2D eigenvalue weighted by atomic mass is 16.5. The zero-order chi connectivity index (χ0) is 44.5. The normalized spacial score (nSPS) is 13.2. The molecule has 0 bridgehead atoms. The van der Waals surface area contributed by atoms with Crippen LogP contribution in [0.2, 0.25) is 0 Å². The molecule has 3 unspecified atom stereocenters. The Morgan fingerprint density at radius 3 is 1.20 bits per heavy atom. The molecule has 362 valence electrons. The molecule has 0 aliphatic heterocycles. The van der Waals surface area contributed by atoms with Gasteiger partial charge in [-0.1, -0.05) is 251 Å². The van der Waals surface area contributed by atoms with Crippen LogP contribution in [0, 0.1) is 0 Å². The van der Waals surface area contributed by atoms with Crippen LogP contribution >= 0.6 is 0 Å². The summed E-state index contributed by atoms with van der Waals surface area (Å²) in [5.74, 6) is -0.472. The third-order valence-electron chi connectivity index (χ3n) is 12.8. The van der Waals surface area contributed by atoms with Crippen LogP contribution in [0.15, 0.2) is 12.2 Å². The molecule has 0 fully saturated rings. The molecule has 0 radical (unpaired) electrons. The van der Waals surface area contributed by atoms with Crippen LogP contribution in [0.5, 0.6) is 0 Å². The van der Waals surface area contributed by atoms with Crippen molar-refractivity contribution < 1.29 is 24.5 Å². The number of amides is 1. The minimum absolute atomic E-state index is 0.0737. The largest absolute Gasteiger partial charge is 0.462 e. The maximum absolute atomic E-state index is 13.2. The molecule has 0 aliphatic rings. The van der Waals surface area contributed by atoms with Gasteiger partial charge in [0.05, 0.1) is 25.2 Å². The number of hydrogen-bond acceptors (Lipinski definition) is 5. The molecular weight excluding hydrogens is 755 g/mol. The summed E-state index contributed by atoms with van der Waals surface area (Å²) in [4.78, 5) is 26.1. The van der Waals surface area contributed by atoms with E-state index in [9.17, 15) is 19.8 Å². The summed E-state index contributed by atoms with van der Waals surface area (Å²) in [5.41, 5.74) is 0. The van der Waals surface area contributed by atoms with Crippen LogP contribution in [-0.4, -0.2) is 46.9 Å². The van der Waals surface area contributed by atoms with Crippen molar-refractivity contribution in [1.29, 1.82) is 0 Å². The Morgan fingerprint density at radius 2 is 0.787 bits per heavy atom. The average molecular weight is 862 g/mol.